The van der Waals surface area contributed by atoms with Crippen LogP contribution in [0.25, 0.3) is 0 Å². The van der Waals surface area contributed by atoms with E-state index in [1.54, 1.807) is 17.0 Å². The van der Waals surface area contributed by atoms with Crippen molar-refractivity contribution < 1.29 is 4.79 Å². The molecule has 2 N–H and O–H groups in total. The maximum atomic E-state index is 12.2. The molecule has 102 valence electrons. The number of nitriles is 1. The molecule has 4 heteroatoms. The zero-order valence-electron chi connectivity index (χ0n) is 11.8. The number of benzene rings is 1. The average molecular weight is 259 g/mol. The van der Waals surface area contributed by atoms with E-state index in [-0.39, 0.29) is 11.8 Å². The number of hydrogen-bond acceptors (Lipinski definition) is 3. The fraction of sp³-hybridized carbons (Fsp3) is 0.467. The molecule has 0 spiro atoms. The quantitative estimate of drug-likeness (QED) is 0.877. The lowest BCUT2D eigenvalue weighted by Crippen LogP contribution is -2.46. The first-order valence-corrected chi connectivity index (χ1v) is 6.53. The van der Waals surface area contributed by atoms with Crippen LogP contribution in [0, 0.1) is 17.2 Å². The Morgan fingerprint density at radius 3 is 2.37 bits per heavy atom. The van der Waals surface area contributed by atoms with Gasteiger partial charge in [-0.1, -0.05) is 26.0 Å². The number of amides is 1. The molecule has 0 aliphatic carbocycles. The Labute approximate surface area is 114 Å². The number of hydrogen-bond donors (Lipinski definition) is 1. The third-order valence-electron chi connectivity index (χ3n) is 3.15. The van der Waals surface area contributed by atoms with Gasteiger partial charge in [-0.2, -0.15) is 5.26 Å². The first-order valence-electron chi connectivity index (χ1n) is 6.53. The Balaban J connectivity index is 2.76. The van der Waals surface area contributed by atoms with Crippen LogP contribution in [-0.2, 0) is 11.3 Å². The Morgan fingerprint density at radius 1 is 1.37 bits per heavy atom. The molecule has 1 atom stereocenters. The van der Waals surface area contributed by atoms with Crippen molar-refractivity contribution in [1.29, 1.82) is 5.26 Å². The van der Waals surface area contributed by atoms with Gasteiger partial charge in [-0.15, -0.1) is 0 Å². The van der Waals surface area contributed by atoms with Gasteiger partial charge in [0.05, 0.1) is 17.7 Å². The van der Waals surface area contributed by atoms with Crippen molar-refractivity contribution in [2.75, 3.05) is 6.54 Å². The molecule has 0 saturated heterocycles. The van der Waals surface area contributed by atoms with Gasteiger partial charge >= 0.3 is 0 Å². The standard InChI is InChI=1S/C15H21N3O/c1-4-18(15(19)14(17)11(2)3)10-13-7-5-12(9-16)6-8-13/h5-8,11,14H,4,10,17H2,1-3H3/t14-/m0/s1. The zero-order valence-corrected chi connectivity index (χ0v) is 11.8. The molecule has 0 unspecified atom stereocenters. The molecule has 1 aromatic carbocycles. The van der Waals surface area contributed by atoms with Crippen LogP contribution in [0.3, 0.4) is 0 Å². The highest BCUT2D eigenvalue weighted by molar-refractivity contribution is 5.81. The molecule has 1 rings (SSSR count). The monoisotopic (exact) mass is 259 g/mol. The summed E-state index contributed by atoms with van der Waals surface area (Å²) in [5.41, 5.74) is 7.53. The normalized spacial score (nSPS) is 12.0. The summed E-state index contributed by atoms with van der Waals surface area (Å²) in [5.74, 6) is 0.101. The molecule has 0 heterocycles. The van der Waals surface area contributed by atoms with E-state index in [4.69, 9.17) is 11.0 Å². The van der Waals surface area contributed by atoms with Crippen LogP contribution in [0.1, 0.15) is 31.9 Å². The maximum absolute atomic E-state index is 12.2. The van der Waals surface area contributed by atoms with Gasteiger partial charge in [0, 0.05) is 13.1 Å². The molecule has 0 radical (unpaired) electrons. The Bertz CT molecular complexity index is 459. The van der Waals surface area contributed by atoms with E-state index >= 15 is 0 Å². The molecule has 0 fully saturated rings. The highest BCUT2D eigenvalue weighted by Crippen LogP contribution is 2.10. The average Bonchev–Trinajstić information content (AvgIpc) is 2.43. The van der Waals surface area contributed by atoms with E-state index in [2.05, 4.69) is 6.07 Å². The topological polar surface area (TPSA) is 70.1 Å². The maximum Gasteiger partial charge on any atom is 0.240 e. The van der Waals surface area contributed by atoms with Gasteiger partial charge in [-0.25, -0.2) is 0 Å². The summed E-state index contributed by atoms with van der Waals surface area (Å²) < 4.78 is 0. The van der Waals surface area contributed by atoms with Crippen molar-refractivity contribution in [1.82, 2.24) is 4.90 Å². The van der Waals surface area contributed by atoms with E-state index in [1.807, 2.05) is 32.9 Å². The third-order valence-corrected chi connectivity index (χ3v) is 3.15. The summed E-state index contributed by atoms with van der Waals surface area (Å²) in [5, 5.41) is 8.75. The molecule has 0 aliphatic rings. The summed E-state index contributed by atoms with van der Waals surface area (Å²) in [6.45, 7) is 6.98. The smallest absolute Gasteiger partial charge is 0.240 e. The Kier molecular flexibility index (Phi) is 5.53. The lowest BCUT2D eigenvalue weighted by atomic mass is 10.0. The van der Waals surface area contributed by atoms with Crippen LogP contribution in [-0.4, -0.2) is 23.4 Å². The molecule has 0 saturated carbocycles. The van der Waals surface area contributed by atoms with Gasteiger partial charge in [0.25, 0.3) is 0 Å². The third kappa shape index (κ3) is 4.08. The number of carbonyl (C=O) groups excluding carboxylic acids is 1. The van der Waals surface area contributed by atoms with Crippen LogP contribution >= 0.6 is 0 Å². The molecule has 19 heavy (non-hydrogen) atoms. The molecule has 4 nitrogen and oxygen atoms in total. The highest BCUT2D eigenvalue weighted by Gasteiger charge is 2.22. The van der Waals surface area contributed by atoms with Crippen molar-refractivity contribution in [3.63, 3.8) is 0 Å². The van der Waals surface area contributed by atoms with Crippen molar-refractivity contribution in [3.8, 4) is 6.07 Å². The van der Waals surface area contributed by atoms with Crippen LogP contribution in [0.2, 0.25) is 0 Å². The minimum Gasteiger partial charge on any atom is -0.337 e. The minimum absolute atomic E-state index is 0.0261. The minimum atomic E-state index is -0.460. The predicted molar refractivity (Wildman–Crippen MR) is 75.1 cm³/mol. The van der Waals surface area contributed by atoms with E-state index < -0.39 is 6.04 Å². The second-order valence-electron chi connectivity index (χ2n) is 4.93. The van der Waals surface area contributed by atoms with E-state index in [0.29, 0.717) is 18.7 Å². The van der Waals surface area contributed by atoms with Gasteiger partial charge in [-0.05, 0) is 30.5 Å². The SMILES string of the molecule is CCN(Cc1ccc(C#N)cc1)C(=O)[C@@H](N)C(C)C. The summed E-state index contributed by atoms with van der Waals surface area (Å²) in [6.07, 6.45) is 0. The molecule has 0 bridgehead atoms. The summed E-state index contributed by atoms with van der Waals surface area (Å²) in [7, 11) is 0. The van der Waals surface area contributed by atoms with Gasteiger partial charge in [0.2, 0.25) is 5.91 Å². The fourth-order valence-corrected chi connectivity index (χ4v) is 1.75. The van der Waals surface area contributed by atoms with Gasteiger partial charge in [-0.3, -0.25) is 4.79 Å². The zero-order chi connectivity index (χ0) is 14.4. The molecule has 0 aliphatic heterocycles. The van der Waals surface area contributed by atoms with Crippen molar-refractivity contribution in [2.45, 2.75) is 33.4 Å². The Hall–Kier alpha value is -1.86. The largest absolute Gasteiger partial charge is 0.337 e. The molecular weight excluding hydrogens is 238 g/mol. The van der Waals surface area contributed by atoms with Crippen LogP contribution in [0.5, 0.6) is 0 Å². The van der Waals surface area contributed by atoms with E-state index in [1.165, 1.54) is 0 Å². The molecule has 1 aromatic rings. The first-order chi connectivity index (χ1) is 8.99. The van der Waals surface area contributed by atoms with Gasteiger partial charge in [0.1, 0.15) is 0 Å². The summed E-state index contributed by atoms with van der Waals surface area (Å²) in [6, 6.07) is 8.88. The second-order valence-corrected chi connectivity index (χ2v) is 4.93. The number of nitrogens with zero attached hydrogens (tertiary/aromatic N) is 2. The molecular formula is C15H21N3O. The van der Waals surface area contributed by atoms with Crippen molar-refractivity contribution in [2.24, 2.45) is 11.7 Å². The summed E-state index contributed by atoms with van der Waals surface area (Å²) >= 11 is 0. The predicted octanol–water partition coefficient (Wildman–Crippen LogP) is 1.89. The Morgan fingerprint density at radius 2 is 1.95 bits per heavy atom. The van der Waals surface area contributed by atoms with Crippen LogP contribution in [0.15, 0.2) is 24.3 Å². The summed E-state index contributed by atoms with van der Waals surface area (Å²) in [4.78, 5) is 13.9. The van der Waals surface area contributed by atoms with Gasteiger partial charge in [0.15, 0.2) is 0 Å². The first kappa shape index (κ1) is 15.2. The second kappa shape index (κ2) is 6.91. The molecule has 1 amide bonds. The fourth-order valence-electron chi connectivity index (χ4n) is 1.75. The van der Waals surface area contributed by atoms with E-state index in [9.17, 15) is 4.79 Å². The number of likely N-dealkylation sites (N-methyl/N-ethyl adjacent to an activating group) is 1. The lowest BCUT2D eigenvalue weighted by Gasteiger charge is -2.26. The van der Waals surface area contributed by atoms with Crippen molar-refractivity contribution in [3.05, 3.63) is 35.4 Å². The molecule has 0 aromatic heterocycles. The highest BCUT2D eigenvalue weighted by atomic mass is 16.2. The van der Waals surface area contributed by atoms with Crippen LogP contribution < -0.4 is 5.73 Å². The van der Waals surface area contributed by atoms with Gasteiger partial charge < -0.3 is 10.6 Å². The lowest BCUT2D eigenvalue weighted by molar-refractivity contribution is -0.134. The van der Waals surface area contributed by atoms with Crippen LogP contribution in [0.4, 0.5) is 0 Å². The number of rotatable bonds is 5. The van der Waals surface area contributed by atoms with E-state index in [0.717, 1.165) is 5.56 Å². The number of carbonyl (C=O) groups is 1. The number of nitrogens with two attached hydrogens (primary N) is 1. The van der Waals surface area contributed by atoms with Crippen molar-refractivity contribution >= 4 is 5.91 Å².